The number of nitro benzene ring substituents is 1. The number of hydrogen-bond acceptors (Lipinski definition) is 12. The van der Waals surface area contributed by atoms with Crippen molar-refractivity contribution in [1.29, 1.82) is 0 Å². The number of nitrogens with one attached hydrogen (secondary N) is 1. The van der Waals surface area contributed by atoms with Crippen molar-refractivity contribution in [2.75, 3.05) is 19.7 Å². The molecule has 1 aromatic rings. The number of nitro groups is 1. The highest BCUT2D eigenvalue weighted by Crippen LogP contribution is 2.55. The van der Waals surface area contributed by atoms with E-state index in [-0.39, 0.29) is 49.4 Å². The summed E-state index contributed by atoms with van der Waals surface area (Å²) in [6, 6.07) is 4.82. The maximum absolute atomic E-state index is 13.1. The van der Waals surface area contributed by atoms with Crippen molar-refractivity contribution in [3.8, 4) is 0 Å². The number of aliphatic hydroxyl groups excluding tert-OH is 1. The molecule has 0 radical (unpaired) electrons. The third kappa shape index (κ3) is 7.07. The average molecular weight is 644 g/mol. The number of benzene rings is 1. The van der Waals surface area contributed by atoms with Gasteiger partial charge in [0.15, 0.2) is 5.70 Å². The summed E-state index contributed by atoms with van der Waals surface area (Å²) >= 11 is 2.49. The highest BCUT2D eigenvalue weighted by molar-refractivity contribution is 8.23. The van der Waals surface area contributed by atoms with Crippen LogP contribution in [-0.2, 0) is 35.9 Å². The summed E-state index contributed by atoms with van der Waals surface area (Å²) in [5.41, 5.74) is 0.448. The van der Waals surface area contributed by atoms with Gasteiger partial charge in [-0.2, -0.15) is 8.42 Å². The van der Waals surface area contributed by atoms with Gasteiger partial charge in [0.25, 0.3) is 15.9 Å². The first-order chi connectivity index (χ1) is 19.8. The molecule has 5 atom stereocenters. The van der Waals surface area contributed by atoms with E-state index in [1.165, 1.54) is 70.6 Å². The number of non-ortho nitro benzene ring substituents is 1. The highest BCUT2D eigenvalue weighted by atomic mass is 32.2. The molecule has 42 heavy (non-hydrogen) atoms. The molecule has 2 fully saturated rings. The summed E-state index contributed by atoms with van der Waals surface area (Å²) in [6.45, 7) is 4.68. The van der Waals surface area contributed by atoms with Crippen LogP contribution in [0.15, 0.2) is 46.9 Å². The summed E-state index contributed by atoms with van der Waals surface area (Å²) in [6.07, 6.45) is 0.00515. The molecule has 2 amide bonds. The molecule has 3 heterocycles. The zero-order valence-corrected chi connectivity index (χ0v) is 24.7. The summed E-state index contributed by atoms with van der Waals surface area (Å²) in [4.78, 5) is 51.7. The Kier molecular flexibility index (Phi) is 9.84. The molecule has 18 heteroatoms. The maximum atomic E-state index is 13.1. The van der Waals surface area contributed by atoms with Crippen molar-refractivity contribution >= 4 is 57.4 Å². The van der Waals surface area contributed by atoms with Crippen LogP contribution < -0.4 is 9.86 Å². The number of nitrogens with zero attached hydrogens (tertiary/aromatic N) is 3. The molecule has 0 aliphatic carbocycles. The predicted octanol–water partition coefficient (Wildman–Crippen LogP) is 1.01. The second-order valence-corrected chi connectivity index (χ2v) is 13.7. The number of esters is 1. The zero-order valence-electron chi connectivity index (χ0n) is 22.3. The van der Waals surface area contributed by atoms with Gasteiger partial charge in [-0.3, -0.25) is 19.8 Å². The number of carbonyl (C=O) groups excluding carboxylic acids is 3. The monoisotopic (exact) mass is 643 g/mol. The summed E-state index contributed by atoms with van der Waals surface area (Å²) in [7, 11) is -4.06. The number of aliphatic hydroxyl groups is 1. The molecule has 0 spiro atoms. The number of amides is 2. The predicted molar refractivity (Wildman–Crippen MR) is 152 cm³/mol. The van der Waals surface area contributed by atoms with Crippen molar-refractivity contribution in [2.45, 2.75) is 42.7 Å². The summed E-state index contributed by atoms with van der Waals surface area (Å²) in [5.74, 6) is -1.83. The lowest BCUT2D eigenvalue weighted by atomic mass is 9.92. The van der Waals surface area contributed by atoms with Gasteiger partial charge in [-0.15, -0.1) is 11.8 Å². The van der Waals surface area contributed by atoms with Gasteiger partial charge in [-0.1, -0.05) is 24.4 Å². The molecule has 4 rings (SSSR count). The number of rotatable bonds is 12. The van der Waals surface area contributed by atoms with Crippen LogP contribution in [0, 0.1) is 16.0 Å². The van der Waals surface area contributed by atoms with Crippen molar-refractivity contribution in [3.63, 3.8) is 0 Å². The van der Waals surface area contributed by atoms with Gasteiger partial charge in [0.1, 0.15) is 18.6 Å². The van der Waals surface area contributed by atoms with Crippen LogP contribution in [0.25, 0.3) is 0 Å². The number of likely N-dealkylation sites (tertiary alicyclic amines) is 1. The normalized spacial score (nSPS) is 24.2. The molecule has 0 unspecified atom stereocenters. The second kappa shape index (κ2) is 13.0. The van der Waals surface area contributed by atoms with E-state index in [9.17, 15) is 38.0 Å². The zero-order chi connectivity index (χ0) is 30.8. The van der Waals surface area contributed by atoms with Crippen LogP contribution >= 0.6 is 23.5 Å². The van der Waals surface area contributed by atoms with Crippen LogP contribution in [0.5, 0.6) is 0 Å². The fraction of sp³-hybridized carbons (Fsp3) is 0.458. The average Bonchev–Trinajstić information content (AvgIpc) is 3.47. The number of hydrogen-bond donors (Lipinski definition) is 3. The quantitative estimate of drug-likeness (QED) is 0.0958. The molecule has 0 aromatic heterocycles. The minimum absolute atomic E-state index is 0.0529. The molecule has 3 aliphatic rings. The Balaban J connectivity index is 1.50. The van der Waals surface area contributed by atoms with Crippen LogP contribution in [0.1, 0.15) is 18.9 Å². The number of carbonyl (C=O) groups is 3. The van der Waals surface area contributed by atoms with Crippen molar-refractivity contribution in [2.24, 2.45) is 11.1 Å². The molecular formula is C24H29N5O10S3. The molecular weight excluding hydrogens is 614 g/mol. The van der Waals surface area contributed by atoms with E-state index < -0.39 is 56.5 Å². The fourth-order valence-electron chi connectivity index (χ4n) is 4.71. The molecule has 3 aliphatic heterocycles. The lowest BCUT2D eigenvalue weighted by molar-refractivity contribution is -0.384. The summed E-state index contributed by atoms with van der Waals surface area (Å²) in [5, 5.41) is 25.2. The Labute approximate surface area is 249 Å². The van der Waals surface area contributed by atoms with E-state index in [0.29, 0.717) is 9.80 Å². The van der Waals surface area contributed by atoms with Gasteiger partial charge in [0, 0.05) is 36.5 Å². The van der Waals surface area contributed by atoms with Gasteiger partial charge >= 0.3 is 12.1 Å². The number of β-lactam (4-membered cyclic amide) rings is 1. The van der Waals surface area contributed by atoms with E-state index in [2.05, 4.69) is 11.3 Å². The minimum atomic E-state index is -4.06. The smallest absolute Gasteiger partial charge is 0.410 e. The standard InChI is InChI=1S/C24H29N5O10S3/c1-3-8-38-22(32)19-23(41-21-18(13(2)30)20(31)28(19)21)40-17-9-16(10-26-42(25,36)37)27(11-17)24(33)39-12-14-4-6-15(7-5-14)29(34)35/h3-7,13,16-18,21,26,30H,1,8-12H2,2H3,(H2,25,36,37)/t13-,16-,17-,18+,21-/m1/s1. The van der Waals surface area contributed by atoms with Crippen LogP contribution in [0.3, 0.4) is 0 Å². The lowest BCUT2D eigenvalue weighted by Gasteiger charge is -2.43. The molecule has 2 saturated heterocycles. The van der Waals surface area contributed by atoms with Gasteiger partial charge in [0.05, 0.1) is 21.2 Å². The van der Waals surface area contributed by atoms with E-state index in [1.54, 1.807) is 0 Å². The van der Waals surface area contributed by atoms with E-state index in [1.807, 2.05) is 0 Å². The van der Waals surface area contributed by atoms with E-state index in [0.717, 1.165) is 0 Å². The molecule has 0 saturated carbocycles. The fourth-order valence-corrected chi connectivity index (χ4v) is 8.53. The highest BCUT2D eigenvalue weighted by Gasteiger charge is 2.58. The number of thioether (sulfide) groups is 2. The van der Waals surface area contributed by atoms with Crippen molar-refractivity contribution in [1.82, 2.24) is 14.5 Å². The first kappa shape index (κ1) is 31.8. The Morgan fingerprint density at radius 1 is 1.36 bits per heavy atom. The SMILES string of the molecule is C=CCOC(=O)C1=C(S[C@@H]2C[C@H](CNS(N)(=O)=O)N(C(=O)OCc3ccc([N+](=O)[O-])cc3)C2)S[C@@H]2[C@@H]([C@@H](C)O)C(=O)N12. The van der Waals surface area contributed by atoms with Gasteiger partial charge in [0.2, 0.25) is 5.91 Å². The largest absolute Gasteiger partial charge is 0.457 e. The molecule has 0 bridgehead atoms. The van der Waals surface area contributed by atoms with Crippen molar-refractivity contribution in [3.05, 3.63) is 62.5 Å². The van der Waals surface area contributed by atoms with Gasteiger partial charge in [-0.25, -0.2) is 19.5 Å². The number of nitrogens with two attached hydrogens (primary N) is 1. The third-order valence-electron chi connectivity index (χ3n) is 6.71. The molecule has 15 nitrogen and oxygen atoms in total. The Morgan fingerprint density at radius 3 is 2.64 bits per heavy atom. The van der Waals surface area contributed by atoms with E-state index >= 15 is 0 Å². The lowest BCUT2D eigenvalue weighted by Crippen LogP contribution is -2.60. The Morgan fingerprint density at radius 2 is 2.05 bits per heavy atom. The molecule has 1 aromatic carbocycles. The van der Waals surface area contributed by atoms with Gasteiger partial charge < -0.3 is 19.5 Å². The molecule has 4 N–H and O–H groups in total. The maximum Gasteiger partial charge on any atom is 0.410 e. The van der Waals surface area contributed by atoms with Crippen LogP contribution in [-0.4, -0.2) is 88.7 Å². The Hall–Kier alpha value is -3.16. The number of fused-ring (bicyclic) bond motifs is 1. The molecule has 228 valence electrons. The minimum Gasteiger partial charge on any atom is -0.457 e. The topological polar surface area (TPSA) is 212 Å². The second-order valence-electron chi connectivity index (χ2n) is 9.66. The van der Waals surface area contributed by atoms with Gasteiger partial charge in [-0.05, 0) is 31.0 Å². The van der Waals surface area contributed by atoms with E-state index in [4.69, 9.17) is 14.6 Å². The number of ether oxygens (including phenoxy) is 2. The van der Waals surface area contributed by atoms with Crippen LogP contribution in [0.2, 0.25) is 0 Å². The first-order valence-corrected chi connectivity index (χ1v) is 15.9. The van der Waals surface area contributed by atoms with Crippen molar-refractivity contribution < 1.29 is 42.3 Å². The van der Waals surface area contributed by atoms with Crippen LogP contribution in [0.4, 0.5) is 10.5 Å². The summed E-state index contributed by atoms with van der Waals surface area (Å²) < 4.78 is 36.4. The Bertz CT molecular complexity index is 1400. The third-order valence-corrected chi connectivity index (χ3v) is 10.1. The first-order valence-electron chi connectivity index (χ1n) is 12.6.